The Hall–Kier alpha value is -1.63. The van der Waals surface area contributed by atoms with Crippen molar-refractivity contribution in [3.8, 4) is 0 Å². The van der Waals surface area contributed by atoms with E-state index in [1.807, 2.05) is 0 Å². The van der Waals surface area contributed by atoms with Crippen molar-refractivity contribution in [3.63, 3.8) is 0 Å². The third-order valence-electron chi connectivity index (χ3n) is 2.89. The fourth-order valence-corrected chi connectivity index (χ4v) is 2.11. The van der Waals surface area contributed by atoms with Crippen LogP contribution >= 0.6 is 11.6 Å². The van der Waals surface area contributed by atoms with Gasteiger partial charge in [0.25, 0.3) is 0 Å². The molecule has 1 saturated heterocycles. The third kappa shape index (κ3) is 4.20. The number of aromatic nitrogens is 3. The molecule has 8 heteroatoms. The van der Waals surface area contributed by atoms with E-state index in [0.29, 0.717) is 18.4 Å². The minimum atomic E-state index is -0.371. The number of nitrogens with two attached hydrogens (primary N) is 1. The minimum absolute atomic E-state index is 0.150. The maximum absolute atomic E-state index is 10.7. The van der Waals surface area contributed by atoms with E-state index in [2.05, 4.69) is 25.2 Å². The Morgan fingerprint density at radius 3 is 2.68 bits per heavy atom. The topological polar surface area (TPSA) is 97.0 Å². The predicted octanol–water partition coefficient (Wildman–Crippen LogP) is 0.803. The van der Waals surface area contributed by atoms with Crippen LogP contribution in [0.2, 0.25) is 5.28 Å². The first-order valence-electron chi connectivity index (χ1n) is 6.34. The van der Waals surface area contributed by atoms with Crippen LogP contribution in [0.1, 0.15) is 25.7 Å². The summed E-state index contributed by atoms with van der Waals surface area (Å²) in [6, 6.07) is 0. The lowest BCUT2D eigenvalue weighted by Crippen LogP contribution is -2.31. The van der Waals surface area contributed by atoms with E-state index in [0.717, 1.165) is 25.9 Å². The van der Waals surface area contributed by atoms with Crippen molar-refractivity contribution in [3.05, 3.63) is 5.28 Å². The maximum atomic E-state index is 10.7. The maximum Gasteiger partial charge on any atom is 0.231 e. The van der Waals surface area contributed by atoms with Gasteiger partial charge in [0.15, 0.2) is 0 Å². The zero-order valence-electron chi connectivity index (χ0n) is 10.6. The molecule has 1 aliphatic heterocycles. The molecule has 7 nitrogen and oxygen atoms in total. The molecule has 0 radical (unpaired) electrons. The van der Waals surface area contributed by atoms with Crippen LogP contribution in [0, 0.1) is 0 Å². The molecule has 3 N–H and O–H groups in total. The van der Waals surface area contributed by atoms with Crippen molar-refractivity contribution < 1.29 is 4.79 Å². The lowest BCUT2D eigenvalue weighted by atomic mass is 10.1. The average Bonchev–Trinajstić information content (AvgIpc) is 2.39. The summed E-state index contributed by atoms with van der Waals surface area (Å²) in [6.07, 6.45) is 3.73. The first kappa shape index (κ1) is 13.8. The molecule has 19 heavy (non-hydrogen) atoms. The van der Waals surface area contributed by atoms with Crippen LogP contribution in [0.4, 0.5) is 11.9 Å². The monoisotopic (exact) mass is 284 g/mol. The molecule has 104 valence electrons. The standard InChI is InChI=1S/C11H17ClN6O/c12-9-15-10(14-5-4-8(13)19)17-11(16-9)18-6-2-1-3-7-18/h1-7H2,(H2,13,19)(H,14,15,16,17). The molecule has 0 atom stereocenters. The van der Waals surface area contributed by atoms with Crippen LogP contribution < -0.4 is 16.0 Å². The Balaban J connectivity index is 2.03. The Labute approximate surface area is 116 Å². The molecule has 2 heterocycles. The Morgan fingerprint density at radius 2 is 2.00 bits per heavy atom. The molecule has 1 fully saturated rings. The number of anilines is 2. The number of carbonyl (C=O) groups excluding carboxylic acids is 1. The van der Waals surface area contributed by atoms with Gasteiger partial charge in [-0.25, -0.2) is 0 Å². The second-order valence-corrected chi connectivity index (χ2v) is 4.76. The van der Waals surface area contributed by atoms with E-state index >= 15 is 0 Å². The van der Waals surface area contributed by atoms with Gasteiger partial charge in [-0.3, -0.25) is 4.79 Å². The fourth-order valence-electron chi connectivity index (χ4n) is 1.95. The van der Waals surface area contributed by atoms with Crippen LogP contribution in [0.3, 0.4) is 0 Å². The van der Waals surface area contributed by atoms with Gasteiger partial charge in [-0.15, -0.1) is 0 Å². The molecule has 1 aromatic rings. The molecular weight excluding hydrogens is 268 g/mol. The highest BCUT2D eigenvalue weighted by atomic mass is 35.5. The van der Waals surface area contributed by atoms with E-state index in [1.165, 1.54) is 6.42 Å². The highest BCUT2D eigenvalue weighted by molar-refractivity contribution is 6.28. The van der Waals surface area contributed by atoms with Gasteiger partial charge in [-0.1, -0.05) is 0 Å². The number of nitrogens with zero attached hydrogens (tertiary/aromatic N) is 4. The molecule has 2 rings (SSSR count). The van der Waals surface area contributed by atoms with Crippen molar-refractivity contribution in [1.82, 2.24) is 15.0 Å². The second-order valence-electron chi connectivity index (χ2n) is 4.42. The minimum Gasteiger partial charge on any atom is -0.370 e. The summed E-state index contributed by atoms with van der Waals surface area (Å²) in [4.78, 5) is 25.2. The van der Waals surface area contributed by atoms with Gasteiger partial charge < -0.3 is 16.0 Å². The number of nitrogens with one attached hydrogen (secondary N) is 1. The molecule has 0 aromatic carbocycles. The van der Waals surface area contributed by atoms with Crippen LogP contribution in [0.25, 0.3) is 0 Å². The summed E-state index contributed by atoms with van der Waals surface area (Å²) in [7, 11) is 0. The summed E-state index contributed by atoms with van der Waals surface area (Å²) in [6.45, 7) is 2.25. The zero-order chi connectivity index (χ0) is 13.7. The van der Waals surface area contributed by atoms with Crippen molar-refractivity contribution in [1.29, 1.82) is 0 Å². The number of rotatable bonds is 5. The third-order valence-corrected chi connectivity index (χ3v) is 3.06. The number of halogens is 1. The van der Waals surface area contributed by atoms with Crippen molar-refractivity contribution in [2.75, 3.05) is 29.9 Å². The number of amides is 1. The first-order valence-corrected chi connectivity index (χ1v) is 6.71. The largest absolute Gasteiger partial charge is 0.370 e. The van der Waals surface area contributed by atoms with E-state index in [1.54, 1.807) is 0 Å². The van der Waals surface area contributed by atoms with Gasteiger partial charge in [0, 0.05) is 26.1 Å². The lowest BCUT2D eigenvalue weighted by Gasteiger charge is -2.26. The summed E-state index contributed by atoms with van der Waals surface area (Å²) < 4.78 is 0. The zero-order valence-corrected chi connectivity index (χ0v) is 11.4. The molecule has 0 saturated carbocycles. The predicted molar refractivity (Wildman–Crippen MR) is 73.2 cm³/mol. The van der Waals surface area contributed by atoms with Crippen molar-refractivity contribution >= 4 is 29.4 Å². The van der Waals surface area contributed by atoms with E-state index < -0.39 is 0 Å². The number of primary amides is 1. The number of hydrogen-bond acceptors (Lipinski definition) is 6. The fraction of sp³-hybridized carbons (Fsp3) is 0.636. The van der Waals surface area contributed by atoms with Crippen LogP contribution in [0.5, 0.6) is 0 Å². The molecule has 0 aliphatic carbocycles. The van der Waals surface area contributed by atoms with Gasteiger partial charge in [0.2, 0.25) is 23.1 Å². The molecule has 0 bridgehead atoms. The average molecular weight is 285 g/mol. The smallest absolute Gasteiger partial charge is 0.231 e. The van der Waals surface area contributed by atoms with Gasteiger partial charge in [0.05, 0.1) is 0 Å². The lowest BCUT2D eigenvalue weighted by molar-refractivity contribution is -0.117. The van der Waals surface area contributed by atoms with Gasteiger partial charge in [-0.2, -0.15) is 15.0 Å². The Bertz CT molecular complexity index is 449. The highest BCUT2D eigenvalue weighted by Gasteiger charge is 2.15. The molecule has 1 amide bonds. The van der Waals surface area contributed by atoms with E-state index in [9.17, 15) is 4.79 Å². The molecule has 1 aromatic heterocycles. The number of carbonyl (C=O) groups is 1. The van der Waals surface area contributed by atoms with Crippen molar-refractivity contribution in [2.45, 2.75) is 25.7 Å². The van der Waals surface area contributed by atoms with Crippen LogP contribution in [-0.2, 0) is 4.79 Å². The SMILES string of the molecule is NC(=O)CCNc1nc(Cl)nc(N2CCCCC2)n1. The number of hydrogen-bond donors (Lipinski definition) is 2. The molecule has 0 unspecified atom stereocenters. The van der Waals surface area contributed by atoms with E-state index in [-0.39, 0.29) is 17.6 Å². The normalized spacial score (nSPS) is 15.3. The van der Waals surface area contributed by atoms with Crippen LogP contribution in [-0.4, -0.2) is 40.5 Å². The molecule has 0 spiro atoms. The quantitative estimate of drug-likeness (QED) is 0.830. The first-order chi connectivity index (χ1) is 9.15. The summed E-state index contributed by atoms with van der Waals surface area (Å²) >= 11 is 5.89. The van der Waals surface area contributed by atoms with Gasteiger partial charge >= 0.3 is 0 Å². The summed E-state index contributed by atoms with van der Waals surface area (Å²) in [5, 5.41) is 3.07. The second kappa shape index (κ2) is 6.51. The van der Waals surface area contributed by atoms with Crippen LogP contribution in [0.15, 0.2) is 0 Å². The molecular formula is C11H17ClN6O. The Kier molecular flexibility index (Phi) is 4.73. The molecule has 1 aliphatic rings. The van der Waals surface area contributed by atoms with Crippen molar-refractivity contribution in [2.24, 2.45) is 5.73 Å². The Morgan fingerprint density at radius 1 is 1.26 bits per heavy atom. The summed E-state index contributed by atoms with van der Waals surface area (Å²) in [5.41, 5.74) is 5.07. The van der Waals surface area contributed by atoms with Gasteiger partial charge in [0.1, 0.15) is 0 Å². The van der Waals surface area contributed by atoms with E-state index in [4.69, 9.17) is 17.3 Å². The van der Waals surface area contributed by atoms with Gasteiger partial charge in [-0.05, 0) is 30.9 Å². The summed E-state index contributed by atoms with van der Waals surface area (Å²) in [5.74, 6) is 0.590. The highest BCUT2D eigenvalue weighted by Crippen LogP contribution is 2.18. The number of piperidine rings is 1.